The lowest BCUT2D eigenvalue weighted by Crippen LogP contribution is -2.05. The lowest BCUT2D eigenvalue weighted by Gasteiger charge is -2.07. The van der Waals surface area contributed by atoms with Gasteiger partial charge in [0.15, 0.2) is 9.84 Å². The van der Waals surface area contributed by atoms with E-state index in [4.69, 9.17) is 23.2 Å². The highest BCUT2D eigenvalue weighted by atomic mass is 35.5. The maximum atomic E-state index is 12.9. The molecule has 4 rings (SSSR count). The molecule has 4 nitrogen and oxygen atoms in total. The van der Waals surface area contributed by atoms with Crippen molar-refractivity contribution in [3.05, 3.63) is 81.3 Å². The number of rotatable bonds is 4. The summed E-state index contributed by atoms with van der Waals surface area (Å²) in [7, 11) is -3.51. The average molecular weight is 445 g/mol. The van der Waals surface area contributed by atoms with Crippen molar-refractivity contribution in [3.8, 4) is 11.4 Å². The number of nitrogens with one attached hydrogen (secondary N) is 1. The minimum absolute atomic E-state index is 0.0586. The van der Waals surface area contributed by atoms with Crippen molar-refractivity contribution in [1.29, 1.82) is 0 Å². The molecule has 3 aromatic carbocycles. The normalized spacial score (nSPS) is 11.9. The van der Waals surface area contributed by atoms with Gasteiger partial charge in [-0.1, -0.05) is 47.5 Å². The molecule has 1 heterocycles. The number of benzene rings is 3. The van der Waals surface area contributed by atoms with Gasteiger partial charge in [0.05, 0.1) is 37.3 Å². The maximum Gasteiger partial charge on any atom is 0.182 e. The van der Waals surface area contributed by atoms with Crippen molar-refractivity contribution in [2.24, 2.45) is 0 Å². The second-order valence-electron chi connectivity index (χ2n) is 7.04. The van der Waals surface area contributed by atoms with Crippen molar-refractivity contribution >= 4 is 44.1 Å². The molecule has 0 radical (unpaired) electrons. The van der Waals surface area contributed by atoms with E-state index >= 15 is 0 Å². The van der Waals surface area contributed by atoms with Crippen molar-refractivity contribution in [3.63, 3.8) is 0 Å². The van der Waals surface area contributed by atoms with Crippen LogP contribution in [-0.4, -0.2) is 18.4 Å². The van der Waals surface area contributed by atoms with Gasteiger partial charge in [0.1, 0.15) is 5.82 Å². The highest BCUT2D eigenvalue weighted by Gasteiger charge is 2.18. The molecule has 0 fully saturated rings. The van der Waals surface area contributed by atoms with E-state index in [1.807, 2.05) is 32.0 Å². The molecule has 4 aromatic rings. The summed E-state index contributed by atoms with van der Waals surface area (Å²) in [4.78, 5) is 7.90. The molecule has 0 bridgehead atoms. The summed E-state index contributed by atoms with van der Waals surface area (Å²) in [6.07, 6.45) is 0. The van der Waals surface area contributed by atoms with Gasteiger partial charge >= 0.3 is 0 Å². The highest BCUT2D eigenvalue weighted by Crippen LogP contribution is 2.34. The van der Waals surface area contributed by atoms with Crippen LogP contribution in [0.25, 0.3) is 22.4 Å². The zero-order chi connectivity index (χ0) is 20.8. The van der Waals surface area contributed by atoms with Gasteiger partial charge in [0.2, 0.25) is 0 Å². The maximum absolute atomic E-state index is 12.9. The summed E-state index contributed by atoms with van der Waals surface area (Å²) in [6.45, 7) is 3.98. The fraction of sp³-hybridized carbons (Fsp3) is 0.136. The SMILES string of the molecule is Cc1ccc(CS(=O)(=O)c2ccc3nc(-c4c(Cl)cccc4Cl)[nH]c3c2)cc1C. The third-order valence-electron chi connectivity index (χ3n) is 4.94. The molecular formula is C22H18Cl2N2O2S. The molecule has 0 saturated heterocycles. The number of aromatic amines is 1. The number of H-pyrrole nitrogens is 1. The Hall–Kier alpha value is -2.34. The molecule has 0 spiro atoms. The standard InChI is InChI=1S/C22H18Cl2N2O2S/c1-13-6-7-15(10-14(13)2)12-29(27,28)16-8-9-19-20(11-16)26-22(25-19)21-17(23)4-3-5-18(21)24/h3-11H,12H2,1-2H3,(H,25,26). The first-order valence-electron chi connectivity index (χ1n) is 8.97. The van der Waals surface area contributed by atoms with Gasteiger partial charge in [-0.2, -0.15) is 0 Å². The number of fused-ring (bicyclic) bond motifs is 1. The van der Waals surface area contributed by atoms with E-state index in [0.29, 0.717) is 32.5 Å². The average Bonchev–Trinajstić information content (AvgIpc) is 3.07. The van der Waals surface area contributed by atoms with Gasteiger partial charge in [0.25, 0.3) is 0 Å². The molecule has 0 amide bonds. The first kappa shape index (κ1) is 20.0. The first-order valence-corrected chi connectivity index (χ1v) is 11.4. The summed E-state index contributed by atoms with van der Waals surface area (Å²) in [5.74, 6) is 0.441. The number of halogens is 2. The lowest BCUT2D eigenvalue weighted by atomic mass is 10.1. The number of imidazole rings is 1. The van der Waals surface area contributed by atoms with Gasteiger partial charge in [-0.15, -0.1) is 0 Å². The molecule has 7 heteroatoms. The predicted octanol–water partition coefficient (Wildman–Crippen LogP) is 6.13. The van der Waals surface area contributed by atoms with Crippen LogP contribution in [-0.2, 0) is 15.6 Å². The van der Waals surface area contributed by atoms with Gasteiger partial charge < -0.3 is 4.98 Å². The van der Waals surface area contributed by atoms with E-state index in [9.17, 15) is 8.42 Å². The molecule has 1 aromatic heterocycles. The fourth-order valence-electron chi connectivity index (χ4n) is 3.22. The second kappa shape index (κ2) is 7.48. The Balaban J connectivity index is 1.72. The predicted molar refractivity (Wildman–Crippen MR) is 118 cm³/mol. The van der Waals surface area contributed by atoms with Gasteiger partial charge in [-0.05, 0) is 60.9 Å². The molecule has 0 aliphatic heterocycles. The Morgan fingerprint density at radius 3 is 2.34 bits per heavy atom. The largest absolute Gasteiger partial charge is 0.338 e. The molecular weight excluding hydrogens is 427 g/mol. The van der Waals surface area contributed by atoms with E-state index in [1.165, 1.54) is 0 Å². The zero-order valence-corrected chi connectivity index (χ0v) is 18.2. The van der Waals surface area contributed by atoms with Crippen LogP contribution in [0.15, 0.2) is 59.5 Å². The highest BCUT2D eigenvalue weighted by molar-refractivity contribution is 7.90. The zero-order valence-electron chi connectivity index (χ0n) is 15.8. The number of aryl methyl sites for hydroxylation is 2. The summed E-state index contributed by atoms with van der Waals surface area (Å²) >= 11 is 12.5. The van der Waals surface area contributed by atoms with Crippen LogP contribution in [0.1, 0.15) is 16.7 Å². The molecule has 148 valence electrons. The minimum Gasteiger partial charge on any atom is -0.338 e. The Labute approximate surface area is 179 Å². The van der Waals surface area contributed by atoms with E-state index in [-0.39, 0.29) is 10.6 Å². The topological polar surface area (TPSA) is 62.8 Å². The summed E-state index contributed by atoms with van der Waals surface area (Å²) < 4.78 is 25.9. The Morgan fingerprint density at radius 1 is 0.931 bits per heavy atom. The van der Waals surface area contributed by atoms with Gasteiger partial charge in [-0.3, -0.25) is 0 Å². The number of hydrogen-bond acceptors (Lipinski definition) is 3. The lowest BCUT2D eigenvalue weighted by molar-refractivity contribution is 0.595. The Bertz CT molecular complexity index is 1320. The van der Waals surface area contributed by atoms with Gasteiger partial charge in [0, 0.05) is 0 Å². The van der Waals surface area contributed by atoms with E-state index in [1.54, 1.807) is 36.4 Å². The Kier molecular flexibility index (Phi) is 5.15. The smallest absolute Gasteiger partial charge is 0.182 e. The fourth-order valence-corrected chi connectivity index (χ4v) is 5.15. The second-order valence-corrected chi connectivity index (χ2v) is 9.84. The van der Waals surface area contributed by atoms with E-state index in [2.05, 4.69) is 9.97 Å². The molecule has 0 unspecified atom stereocenters. The van der Waals surface area contributed by atoms with Crippen LogP contribution in [0.2, 0.25) is 10.0 Å². The summed E-state index contributed by atoms with van der Waals surface area (Å²) in [6, 6.07) is 15.8. The van der Waals surface area contributed by atoms with E-state index in [0.717, 1.165) is 16.7 Å². The van der Waals surface area contributed by atoms with Gasteiger partial charge in [-0.25, -0.2) is 13.4 Å². The molecule has 0 aliphatic rings. The molecule has 0 aliphatic carbocycles. The molecule has 0 saturated carbocycles. The van der Waals surface area contributed by atoms with Crippen molar-refractivity contribution in [2.45, 2.75) is 24.5 Å². The molecule has 1 N–H and O–H groups in total. The monoisotopic (exact) mass is 444 g/mol. The first-order chi connectivity index (χ1) is 13.7. The number of aromatic nitrogens is 2. The van der Waals surface area contributed by atoms with Crippen molar-refractivity contribution < 1.29 is 8.42 Å². The summed E-state index contributed by atoms with van der Waals surface area (Å²) in [5.41, 5.74) is 4.81. The van der Waals surface area contributed by atoms with Crippen LogP contribution in [0, 0.1) is 13.8 Å². The van der Waals surface area contributed by atoms with Crippen LogP contribution < -0.4 is 0 Å². The van der Waals surface area contributed by atoms with Crippen molar-refractivity contribution in [2.75, 3.05) is 0 Å². The number of hydrogen-bond donors (Lipinski definition) is 1. The quantitative estimate of drug-likeness (QED) is 0.411. The van der Waals surface area contributed by atoms with Crippen molar-refractivity contribution in [1.82, 2.24) is 9.97 Å². The van der Waals surface area contributed by atoms with Crippen LogP contribution in [0.3, 0.4) is 0 Å². The minimum atomic E-state index is -3.51. The number of nitrogens with zero attached hydrogens (tertiary/aromatic N) is 1. The Morgan fingerprint density at radius 2 is 1.66 bits per heavy atom. The number of sulfone groups is 1. The van der Waals surface area contributed by atoms with Crippen LogP contribution in [0.5, 0.6) is 0 Å². The summed E-state index contributed by atoms with van der Waals surface area (Å²) in [5, 5.41) is 0.943. The molecule has 0 atom stereocenters. The third-order valence-corrected chi connectivity index (χ3v) is 7.26. The van der Waals surface area contributed by atoms with Crippen LogP contribution >= 0.6 is 23.2 Å². The molecule has 29 heavy (non-hydrogen) atoms. The van der Waals surface area contributed by atoms with Crippen LogP contribution in [0.4, 0.5) is 0 Å². The third kappa shape index (κ3) is 3.90. The van der Waals surface area contributed by atoms with E-state index < -0.39 is 9.84 Å².